The molecule has 3 aromatic heterocycles. The predicted octanol–water partition coefficient (Wildman–Crippen LogP) is 4.71. The summed E-state index contributed by atoms with van der Waals surface area (Å²) < 4.78 is 44.1. The van der Waals surface area contributed by atoms with E-state index in [0.717, 1.165) is 23.6 Å². The van der Waals surface area contributed by atoms with E-state index >= 15 is 0 Å². The number of fused-ring (bicyclic) bond motifs is 1. The Kier molecular flexibility index (Phi) is 6.83. The van der Waals surface area contributed by atoms with Crippen molar-refractivity contribution in [1.82, 2.24) is 20.3 Å². The minimum Gasteiger partial charge on any atom is -0.379 e. The molecule has 0 saturated heterocycles. The number of thiazole rings is 1. The zero-order chi connectivity index (χ0) is 21.7. The zero-order valence-electron chi connectivity index (χ0n) is 16.3. The Morgan fingerprint density at radius 3 is 2.77 bits per heavy atom. The summed E-state index contributed by atoms with van der Waals surface area (Å²) in [5, 5.41) is 5.68. The van der Waals surface area contributed by atoms with E-state index in [1.807, 2.05) is 13.8 Å². The molecule has 7 nitrogen and oxygen atoms in total. The van der Waals surface area contributed by atoms with Crippen molar-refractivity contribution in [2.75, 3.05) is 18.5 Å². The summed E-state index contributed by atoms with van der Waals surface area (Å²) in [6.45, 7) is 4.89. The molecular weight excluding hydrogens is 419 g/mol. The van der Waals surface area contributed by atoms with Gasteiger partial charge in [0.15, 0.2) is 5.13 Å². The fourth-order valence-electron chi connectivity index (χ4n) is 2.50. The van der Waals surface area contributed by atoms with Crippen molar-refractivity contribution in [3.63, 3.8) is 0 Å². The highest BCUT2D eigenvalue weighted by molar-refractivity contribution is 7.21. The minimum absolute atomic E-state index is 0.144. The van der Waals surface area contributed by atoms with E-state index in [9.17, 15) is 18.0 Å². The van der Waals surface area contributed by atoms with Crippen LogP contribution in [0.1, 0.15) is 25.8 Å². The van der Waals surface area contributed by atoms with Gasteiger partial charge in [0.2, 0.25) is 0 Å². The molecule has 0 saturated carbocycles. The van der Waals surface area contributed by atoms with Gasteiger partial charge in [0.25, 0.3) is 0 Å². The molecule has 0 unspecified atom stereocenters. The zero-order valence-corrected chi connectivity index (χ0v) is 17.1. The van der Waals surface area contributed by atoms with Gasteiger partial charge < -0.3 is 10.1 Å². The maximum Gasteiger partial charge on any atom is 0.417 e. The number of anilines is 1. The Hall–Kier alpha value is -2.79. The first-order chi connectivity index (χ1) is 14.2. The van der Waals surface area contributed by atoms with Crippen molar-refractivity contribution < 1.29 is 22.7 Å². The first-order valence-corrected chi connectivity index (χ1v) is 10.0. The van der Waals surface area contributed by atoms with Crippen molar-refractivity contribution >= 4 is 32.8 Å². The first-order valence-electron chi connectivity index (χ1n) is 9.19. The normalized spacial score (nSPS) is 11.8. The molecule has 3 rings (SSSR count). The van der Waals surface area contributed by atoms with Gasteiger partial charge in [-0.1, -0.05) is 11.3 Å². The highest BCUT2D eigenvalue weighted by atomic mass is 32.1. The van der Waals surface area contributed by atoms with Crippen LogP contribution in [-0.2, 0) is 10.9 Å². The number of hydrogen-bond acceptors (Lipinski definition) is 6. The SMILES string of the molecule is CC(C)OCCCNC(=O)Nc1nc2ccc(-c3cncc(C(F)(F)F)c3)nc2s1. The number of hydrogen-bond donors (Lipinski definition) is 2. The standard InChI is InChI=1S/C19H20F3N5O2S/c1-11(2)29-7-3-6-24-17(28)27-18-26-15-5-4-14(25-16(15)30-18)12-8-13(10-23-9-12)19(20,21)22/h4-5,8-11H,3,6-7H2,1-2H3,(H2,24,26,27,28). The lowest BCUT2D eigenvalue weighted by molar-refractivity contribution is -0.137. The smallest absolute Gasteiger partial charge is 0.379 e. The van der Waals surface area contributed by atoms with E-state index in [2.05, 4.69) is 25.6 Å². The maximum atomic E-state index is 12.9. The third-order valence-electron chi connectivity index (χ3n) is 3.90. The van der Waals surface area contributed by atoms with Crippen LogP contribution in [0.15, 0.2) is 30.6 Å². The van der Waals surface area contributed by atoms with Crippen LogP contribution >= 0.6 is 11.3 Å². The fourth-order valence-corrected chi connectivity index (χ4v) is 3.33. The molecule has 0 aliphatic heterocycles. The van der Waals surface area contributed by atoms with Gasteiger partial charge in [-0.25, -0.2) is 14.8 Å². The van der Waals surface area contributed by atoms with E-state index in [1.165, 1.54) is 6.20 Å². The Morgan fingerprint density at radius 2 is 2.03 bits per heavy atom. The Labute approximate surface area is 174 Å². The molecule has 0 aliphatic carbocycles. The summed E-state index contributed by atoms with van der Waals surface area (Å²) in [6, 6.07) is 3.80. The van der Waals surface area contributed by atoms with Gasteiger partial charge in [-0.05, 0) is 38.5 Å². The van der Waals surface area contributed by atoms with E-state index in [4.69, 9.17) is 4.74 Å². The average Bonchev–Trinajstić information content (AvgIpc) is 3.08. The van der Waals surface area contributed by atoms with Crippen molar-refractivity contribution in [3.05, 3.63) is 36.2 Å². The molecule has 0 radical (unpaired) electrons. The van der Waals surface area contributed by atoms with E-state index in [1.54, 1.807) is 12.1 Å². The van der Waals surface area contributed by atoms with Gasteiger partial charge in [-0.15, -0.1) is 0 Å². The van der Waals surface area contributed by atoms with Crippen LogP contribution in [0.5, 0.6) is 0 Å². The molecule has 0 spiro atoms. The number of carbonyl (C=O) groups excluding carboxylic acids is 1. The summed E-state index contributed by atoms with van der Waals surface area (Å²) in [4.78, 5) is 24.8. The van der Waals surface area contributed by atoms with E-state index in [0.29, 0.717) is 40.7 Å². The van der Waals surface area contributed by atoms with Gasteiger partial charge in [0.1, 0.15) is 10.3 Å². The first kappa shape index (κ1) is 21.9. The number of urea groups is 1. The molecule has 0 bridgehead atoms. The number of amides is 2. The van der Waals surface area contributed by atoms with Crippen molar-refractivity contribution in [2.24, 2.45) is 0 Å². The number of ether oxygens (including phenoxy) is 1. The highest BCUT2D eigenvalue weighted by Gasteiger charge is 2.31. The van der Waals surface area contributed by atoms with Gasteiger partial charge >= 0.3 is 12.2 Å². The molecule has 2 N–H and O–H groups in total. The fraction of sp³-hybridized carbons (Fsp3) is 0.368. The second-order valence-electron chi connectivity index (χ2n) is 6.65. The number of alkyl halides is 3. The molecular formula is C19H20F3N5O2S. The largest absolute Gasteiger partial charge is 0.417 e. The molecule has 3 aromatic rings. The Bertz CT molecular complexity index is 1020. The number of aromatic nitrogens is 3. The number of halogens is 3. The second-order valence-corrected chi connectivity index (χ2v) is 7.63. The Balaban J connectivity index is 1.66. The van der Waals surface area contributed by atoms with E-state index < -0.39 is 17.8 Å². The molecule has 3 heterocycles. The summed E-state index contributed by atoms with van der Waals surface area (Å²) in [6.07, 6.45) is -1.57. The van der Waals surface area contributed by atoms with E-state index in [-0.39, 0.29) is 11.7 Å². The molecule has 0 atom stereocenters. The topological polar surface area (TPSA) is 89.0 Å². The molecule has 0 aliphatic rings. The number of rotatable bonds is 7. The average molecular weight is 439 g/mol. The highest BCUT2D eigenvalue weighted by Crippen LogP contribution is 2.32. The quantitative estimate of drug-likeness (QED) is 0.521. The summed E-state index contributed by atoms with van der Waals surface area (Å²) in [5.41, 5.74) is 0.273. The van der Waals surface area contributed by atoms with Crippen molar-refractivity contribution in [3.8, 4) is 11.3 Å². The number of carbonyl (C=O) groups is 1. The monoisotopic (exact) mass is 439 g/mol. The molecule has 30 heavy (non-hydrogen) atoms. The third kappa shape index (κ3) is 5.86. The number of pyridine rings is 2. The molecule has 0 aromatic carbocycles. The summed E-state index contributed by atoms with van der Waals surface area (Å²) in [7, 11) is 0. The van der Waals surface area contributed by atoms with Crippen LogP contribution in [0, 0.1) is 0 Å². The maximum absolute atomic E-state index is 12.9. The van der Waals surface area contributed by atoms with Crippen LogP contribution in [0.25, 0.3) is 21.6 Å². The summed E-state index contributed by atoms with van der Waals surface area (Å²) in [5.74, 6) is 0. The lowest BCUT2D eigenvalue weighted by atomic mass is 10.1. The van der Waals surface area contributed by atoms with Gasteiger partial charge in [0.05, 0.1) is 17.4 Å². The van der Waals surface area contributed by atoms with Crippen LogP contribution in [-0.4, -0.2) is 40.2 Å². The summed E-state index contributed by atoms with van der Waals surface area (Å²) >= 11 is 1.13. The van der Waals surface area contributed by atoms with Crippen molar-refractivity contribution in [2.45, 2.75) is 32.5 Å². The lowest BCUT2D eigenvalue weighted by Crippen LogP contribution is -2.30. The Morgan fingerprint density at radius 1 is 1.23 bits per heavy atom. The van der Waals surface area contributed by atoms with Gasteiger partial charge in [-0.2, -0.15) is 13.2 Å². The third-order valence-corrected chi connectivity index (χ3v) is 4.78. The second kappa shape index (κ2) is 9.35. The molecule has 0 fully saturated rings. The van der Waals surface area contributed by atoms with Gasteiger partial charge in [-0.3, -0.25) is 10.3 Å². The lowest BCUT2D eigenvalue weighted by Gasteiger charge is -2.08. The molecule has 2 amide bonds. The molecule has 11 heteroatoms. The minimum atomic E-state index is -4.48. The predicted molar refractivity (Wildman–Crippen MR) is 108 cm³/mol. The number of nitrogens with zero attached hydrogens (tertiary/aromatic N) is 3. The number of nitrogens with one attached hydrogen (secondary N) is 2. The van der Waals surface area contributed by atoms with Gasteiger partial charge in [0, 0.05) is 31.1 Å². The van der Waals surface area contributed by atoms with Crippen LogP contribution < -0.4 is 10.6 Å². The van der Waals surface area contributed by atoms with Crippen LogP contribution in [0.3, 0.4) is 0 Å². The van der Waals surface area contributed by atoms with Crippen LogP contribution in [0.2, 0.25) is 0 Å². The molecule has 160 valence electrons. The van der Waals surface area contributed by atoms with Crippen LogP contribution in [0.4, 0.5) is 23.1 Å². The van der Waals surface area contributed by atoms with Crippen molar-refractivity contribution in [1.29, 1.82) is 0 Å².